The van der Waals surface area contributed by atoms with E-state index in [4.69, 9.17) is 40.5 Å². The molecule has 0 saturated heterocycles. The topological polar surface area (TPSA) is 179 Å². The molecule has 0 spiro atoms. The zero-order chi connectivity index (χ0) is 31.3. The SMILES string of the molecule is Cc1cc(-c2cc(C)c(N)c3ccccc23)c2ccccc2c1N.Nc1ccc(-c2ccc(N)cc2)cc1.O=S(=O)(O)O. The van der Waals surface area contributed by atoms with Gasteiger partial charge in [0.2, 0.25) is 0 Å². The van der Waals surface area contributed by atoms with Gasteiger partial charge in [-0.15, -0.1) is 0 Å². The van der Waals surface area contributed by atoms with Crippen LogP contribution in [0.3, 0.4) is 0 Å². The number of hydrogen-bond acceptors (Lipinski definition) is 6. The van der Waals surface area contributed by atoms with Gasteiger partial charge in [-0.25, -0.2) is 0 Å². The average molecular weight is 595 g/mol. The van der Waals surface area contributed by atoms with E-state index in [0.717, 1.165) is 55.8 Å². The average Bonchev–Trinajstić information content (AvgIpc) is 2.97. The molecular formula is C34H34N4O4S. The maximum atomic E-state index is 8.74. The van der Waals surface area contributed by atoms with Crippen molar-refractivity contribution >= 4 is 54.7 Å². The van der Waals surface area contributed by atoms with Crippen LogP contribution in [-0.2, 0) is 10.4 Å². The van der Waals surface area contributed by atoms with E-state index in [1.54, 1.807) is 0 Å². The summed E-state index contributed by atoms with van der Waals surface area (Å²) in [4.78, 5) is 0. The fourth-order valence-electron chi connectivity index (χ4n) is 4.87. The van der Waals surface area contributed by atoms with Gasteiger partial charge in [0.25, 0.3) is 0 Å². The molecule has 0 aliphatic carbocycles. The summed E-state index contributed by atoms with van der Waals surface area (Å²) in [7, 11) is -4.67. The van der Waals surface area contributed by atoms with Crippen molar-refractivity contribution in [3.63, 3.8) is 0 Å². The van der Waals surface area contributed by atoms with Crippen LogP contribution in [0.25, 0.3) is 43.8 Å². The Morgan fingerprint density at radius 3 is 1.07 bits per heavy atom. The predicted octanol–water partition coefficient (Wildman–Crippen LogP) is 7.31. The van der Waals surface area contributed by atoms with Crippen molar-refractivity contribution in [3.8, 4) is 22.3 Å². The Kier molecular flexibility index (Phi) is 9.21. The number of anilines is 4. The van der Waals surface area contributed by atoms with Crippen molar-refractivity contribution in [1.82, 2.24) is 0 Å². The lowest BCUT2D eigenvalue weighted by Gasteiger charge is -2.16. The number of benzene rings is 6. The van der Waals surface area contributed by atoms with Gasteiger partial charge in [-0.2, -0.15) is 8.42 Å². The van der Waals surface area contributed by atoms with E-state index in [-0.39, 0.29) is 0 Å². The van der Waals surface area contributed by atoms with Crippen molar-refractivity contribution in [1.29, 1.82) is 0 Å². The van der Waals surface area contributed by atoms with E-state index in [1.165, 1.54) is 21.9 Å². The summed E-state index contributed by atoms with van der Waals surface area (Å²) in [6, 6.07) is 36.6. The van der Waals surface area contributed by atoms with Gasteiger partial charge < -0.3 is 22.9 Å². The molecule has 0 radical (unpaired) electrons. The van der Waals surface area contributed by atoms with E-state index >= 15 is 0 Å². The molecular weight excluding hydrogens is 560 g/mol. The zero-order valence-electron chi connectivity index (χ0n) is 23.8. The van der Waals surface area contributed by atoms with Gasteiger partial charge in [-0.3, -0.25) is 9.11 Å². The molecule has 220 valence electrons. The maximum Gasteiger partial charge on any atom is 0.394 e. The summed E-state index contributed by atoms with van der Waals surface area (Å²) >= 11 is 0. The van der Waals surface area contributed by atoms with E-state index in [9.17, 15) is 0 Å². The first-order valence-corrected chi connectivity index (χ1v) is 14.7. The van der Waals surface area contributed by atoms with Gasteiger partial charge in [0, 0.05) is 33.5 Å². The van der Waals surface area contributed by atoms with Crippen molar-refractivity contribution in [2.24, 2.45) is 0 Å². The first-order chi connectivity index (χ1) is 20.3. The minimum Gasteiger partial charge on any atom is -0.399 e. The van der Waals surface area contributed by atoms with Crippen molar-refractivity contribution in [3.05, 3.63) is 120 Å². The van der Waals surface area contributed by atoms with Crippen LogP contribution in [0.1, 0.15) is 11.1 Å². The van der Waals surface area contributed by atoms with Crippen molar-refractivity contribution in [2.75, 3.05) is 22.9 Å². The summed E-state index contributed by atoms with van der Waals surface area (Å²) < 4.78 is 31.6. The van der Waals surface area contributed by atoms with Crippen molar-refractivity contribution in [2.45, 2.75) is 13.8 Å². The number of rotatable bonds is 2. The zero-order valence-corrected chi connectivity index (χ0v) is 24.6. The lowest BCUT2D eigenvalue weighted by atomic mass is 9.89. The molecule has 6 aromatic rings. The second-order valence-electron chi connectivity index (χ2n) is 10.1. The molecule has 10 N–H and O–H groups in total. The van der Waals surface area contributed by atoms with Gasteiger partial charge in [0.05, 0.1) is 0 Å². The van der Waals surface area contributed by atoms with E-state index in [2.05, 4.69) is 62.4 Å². The summed E-state index contributed by atoms with van der Waals surface area (Å²) in [5.74, 6) is 0. The quantitative estimate of drug-likeness (QED) is 0.0892. The lowest BCUT2D eigenvalue weighted by Crippen LogP contribution is -1.96. The Morgan fingerprint density at radius 2 is 0.767 bits per heavy atom. The second kappa shape index (κ2) is 12.8. The van der Waals surface area contributed by atoms with Gasteiger partial charge >= 0.3 is 10.4 Å². The molecule has 0 aromatic heterocycles. The molecule has 8 nitrogen and oxygen atoms in total. The van der Waals surface area contributed by atoms with Gasteiger partial charge in [0.1, 0.15) is 0 Å². The van der Waals surface area contributed by atoms with Crippen LogP contribution in [-0.4, -0.2) is 17.5 Å². The first-order valence-electron chi connectivity index (χ1n) is 13.3. The third-order valence-corrected chi connectivity index (χ3v) is 7.03. The summed E-state index contributed by atoms with van der Waals surface area (Å²) in [5.41, 5.74) is 34.0. The highest BCUT2D eigenvalue weighted by atomic mass is 32.3. The van der Waals surface area contributed by atoms with Crippen LogP contribution in [0.4, 0.5) is 22.7 Å². The van der Waals surface area contributed by atoms with Crippen molar-refractivity contribution < 1.29 is 17.5 Å². The van der Waals surface area contributed by atoms with E-state index in [1.807, 2.05) is 60.7 Å². The summed E-state index contributed by atoms with van der Waals surface area (Å²) in [5, 5.41) is 4.56. The standard InChI is InChI=1S/C22H20N2.C12H12N2.H2O4S/c1-13-11-19(15-7-3-5-9-17(15)21(13)23)20-12-14(2)22(24)18-10-6-4-8-16(18)20;13-11-5-1-9(2-6-11)10-3-7-12(14)8-4-10;1-5(2,3)4/h3-12H,23-24H2,1-2H3;1-8H,13-14H2;(H2,1,2,3,4). The number of nitrogens with two attached hydrogens (primary N) is 4. The highest BCUT2D eigenvalue weighted by molar-refractivity contribution is 7.79. The minimum absolute atomic E-state index is 0.782. The molecule has 0 bridgehead atoms. The fraction of sp³-hybridized carbons (Fsp3) is 0.0588. The Balaban J connectivity index is 0.000000188. The molecule has 9 heteroatoms. The lowest BCUT2D eigenvalue weighted by molar-refractivity contribution is 0.381. The molecule has 6 rings (SSSR count). The molecule has 0 fully saturated rings. The molecule has 0 heterocycles. The largest absolute Gasteiger partial charge is 0.399 e. The third kappa shape index (κ3) is 7.60. The molecule has 0 atom stereocenters. The fourth-order valence-corrected chi connectivity index (χ4v) is 4.87. The van der Waals surface area contributed by atoms with Crippen LogP contribution in [0, 0.1) is 13.8 Å². The van der Waals surface area contributed by atoms with Gasteiger partial charge in [-0.05, 0) is 94.4 Å². The smallest absolute Gasteiger partial charge is 0.394 e. The molecule has 6 aromatic carbocycles. The van der Waals surface area contributed by atoms with E-state index in [0.29, 0.717) is 0 Å². The number of nitrogen functional groups attached to an aromatic ring is 4. The number of aryl methyl sites for hydroxylation is 2. The Morgan fingerprint density at radius 1 is 0.488 bits per heavy atom. The van der Waals surface area contributed by atoms with Crippen LogP contribution in [0.15, 0.2) is 109 Å². The molecule has 0 aliphatic rings. The van der Waals surface area contributed by atoms with Crippen LogP contribution in [0.5, 0.6) is 0 Å². The van der Waals surface area contributed by atoms with Crippen LogP contribution < -0.4 is 22.9 Å². The monoisotopic (exact) mass is 594 g/mol. The van der Waals surface area contributed by atoms with E-state index < -0.39 is 10.4 Å². The number of hydrogen-bond donors (Lipinski definition) is 6. The Hall–Kier alpha value is -5.09. The highest BCUT2D eigenvalue weighted by Gasteiger charge is 2.14. The maximum absolute atomic E-state index is 8.74. The molecule has 43 heavy (non-hydrogen) atoms. The van der Waals surface area contributed by atoms with Crippen LogP contribution >= 0.6 is 0 Å². The summed E-state index contributed by atoms with van der Waals surface area (Å²) in [6.45, 7) is 4.13. The molecule has 0 unspecified atom stereocenters. The normalized spacial score (nSPS) is 10.9. The number of fused-ring (bicyclic) bond motifs is 2. The highest BCUT2D eigenvalue weighted by Crippen LogP contribution is 2.40. The Bertz CT molecular complexity index is 1870. The minimum atomic E-state index is -4.67. The molecule has 0 amide bonds. The van der Waals surface area contributed by atoms with Crippen LogP contribution in [0.2, 0.25) is 0 Å². The van der Waals surface area contributed by atoms with Gasteiger partial charge in [0.15, 0.2) is 0 Å². The molecule has 0 saturated carbocycles. The first kappa shape index (κ1) is 30.9. The second-order valence-corrected chi connectivity index (χ2v) is 11.0. The summed E-state index contributed by atoms with van der Waals surface area (Å²) in [6.07, 6.45) is 0. The molecule has 0 aliphatic heterocycles. The predicted molar refractivity (Wildman–Crippen MR) is 180 cm³/mol. The Labute approximate surface area is 251 Å². The van der Waals surface area contributed by atoms with Gasteiger partial charge in [-0.1, -0.05) is 72.8 Å². The third-order valence-electron chi connectivity index (χ3n) is 7.03.